The highest BCUT2D eigenvalue weighted by atomic mass is 35.5. The van der Waals surface area contributed by atoms with Crippen molar-refractivity contribution in [3.63, 3.8) is 0 Å². The van der Waals surface area contributed by atoms with Gasteiger partial charge in [-0.15, -0.1) is 0 Å². The lowest BCUT2D eigenvalue weighted by Gasteiger charge is -2.03. The summed E-state index contributed by atoms with van der Waals surface area (Å²) in [7, 11) is 0. The number of aryl methyl sites for hydroxylation is 1. The second-order valence-electron chi connectivity index (χ2n) is 3.84. The van der Waals surface area contributed by atoms with Gasteiger partial charge in [-0.1, -0.05) is 29.3 Å². The number of rotatable bonds is 2. The van der Waals surface area contributed by atoms with Gasteiger partial charge in [-0.25, -0.2) is 0 Å². The van der Waals surface area contributed by atoms with Crippen molar-refractivity contribution in [2.75, 3.05) is 0 Å². The Morgan fingerprint density at radius 1 is 1.00 bits per heavy atom. The Labute approximate surface area is 105 Å². The molecule has 0 aromatic heterocycles. The molecule has 2 nitrogen and oxygen atoms in total. The van der Waals surface area contributed by atoms with Crippen molar-refractivity contribution in [3.05, 3.63) is 69.9 Å². The summed E-state index contributed by atoms with van der Waals surface area (Å²) in [5, 5.41) is 12.5. The van der Waals surface area contributed by atoms with Gasteiger partial charge in [0.2, 0.25) is 5.69 Å². The molecule has 0 saturated carbocycles. The van der Waals surface area contributed by atoms with Crippen LogP contribution in [0.4, 0.5) is 5.69 Å². The molecule has 0 aliphatic heterocycles. The number of nitrogens with zero attached hydrogens (tertiary/aromatic N) is 1. The van der Waals surface area contributed by atoms with Crippen LogP contribution >= 0.6 is 11.6 Å². The lowest BCUT2D eigenvalue weighted by atomic mass is 10.2. The van der Waals surface area contributed by atoms with E-state index < -0.39 is 0 Å². The fourth-order valence-corrected chi connectivity index (χ4v) is 1.58. The van der Waals surface area contributed by atoms with Crippen molar-refractivity contribution in [1.29, 1.82) is 0 Å². The lowest BCUT2D eigenvalue weighted by molar-refractivity contribution is -0.354. The summed E-state index contributed by atoms with van der Waals surface area (Å²) in [6.07, 6.45) is 1.54. The van der Waals surface area contributed by atoms with E-state index in [4.69, 9.17) is 11.6 Å². The molecule has 0 spiro atoms. The molecule has 17 heavy (non-hydrogen) atoms. The predicted molar refractivity (Wildman–Crippen MR) is 71.1 cm³/mol. The first-order valence-electron chi connectivity index (χ1n) is 5.28. The van der Waals surface area contributed by atoms with Gasteiger partial charge in [0, 0.05) is 22.7 Å². The summed E-state index contributed by atoms with van der Waals surface area (Å²) < 4.78 is 0.834. The SMILES string of the molecule is Cc1ccc(/C=[N+](\[O-])c2ccc(Cl)cc2)cc1. The topological polar surface area (TPSA) is 26.1 Å². The van der Waals surface area contributed by atoms with Crippen molar-refractivity contribution in [1.82, 2.24) is 0 Å². The van der Waals surface area contributed by atoms with Crippen LogP contribution < -0.4 is 0 Å². The number of hydrogen-bond donors (Lipinski definition) is 0. The number of benzene rings is 2. The fraction of sp³-hybridized carbons (Fsp3) is 0.0714. The quantitative estimate of drug-likeness (QED) is 0.341. The van der Waals surface area contributed by atoms with Crippen molar-refractivity contribution in [3.8, 4) is 0 Å². The molecule has 0 heterocycles. The third-order valence-electron chi connectivity index (χ3n) is 2.42. The molecule has 0 aliphatic carbocycles. The van der Waals surface area contributed by atoms with E-state index in [2.05, 4.69) is 0 Å². The minimum Gasteiger partial charge on any atom is -0.618 e. The van der Waals surface area contributed by atoms with E-state index in [0.29, 0.717) is 10.7 Å². The summed E-state index contributed by atoms with van der Waals surface area (Å²) >= 11 is 5.76. The molecule has 0 fully saturated rings. The highest BCUT2D eigenvalue weighted by Gasteiger charge is 2.01. The van der Waals surface area contributed by atoms with Crippen LogP contribution in [0, 0.1) is 12.1 Å². The Bertz CT molecular complexity index is 529. The summed E-state index contributed by atoms with van der Waals surface area (Å²) in [6, 6.07) is 14.6. The van der Waals surface area contributed by atoms with Crippen molar-refractivity contribution >= 4 is 23.5 Å². The highest BCUT2D eigenvalue weighted by Crippen LogP contribution is 2.15. The minimum atomic E-state index is 0.565. The molecule has 0 radical (unpaired) electrons. The second kappa shape index (κ2) is 5.02. The molecular weight excluding hydrogens is 234 g/mol. The van der Waals surface area contributed by atoms with Crippen LogP contribution in [-0.2, 0) is 0 Å². The fourth-order valence-electron chi connectivity index (χ4n) is 1.45. The third kappa shape index (κ3) is 3.08. The van der Waals surface area contributed by atoms with Crippen LogP contribution in [0.5, 0.6) is 0 Å². The molecule has 0 saturated heterocycles. The molecule has 2 aromatic rings. The zero-order valence-corrected chi connectivity index (χ0v) is 10.2. The Kier molecular flexibility index (Phi) is 3.45. The van der Waals surface area contributed by atoms with Gasteiger partial charge in [0.05, 0.1) is 0 Å². The maximum atomic E-state index is 11.8. The van der Waals surface area contributed by atoms with Crippen LogP contribution in [0.15, 0.2) is 48.5 Å². The lowest BCUT2D eigenvalue weighted by Crippen LogP contribution is -1.98. The molecule has 0 unspecified atom stereocenters. The molecule has 2 rings (SSSR count). The largest absolute Gasteiger partial charge is 0.618 e. The van der Waals surface area contributed by atoms with E-state index in [1.807, 2.05) is 31.2 Å². The maximum Gasteiger partial charge on any atom is 0.216 e. The zero-order valence-electron chi connectivity index (χ0n) is 9.43. The molecule has 2 aromatic carbocycles. The van der Waals surface area contributed by atoms with Gasteiger partial charge < -0.3 is 5.21 Å². The second-order valence-corrected chi connectivity index (χ2v) is 4.28. The molecule has 0 amide bonds. The van der Waals surface area contributed by atoms with Gasteiger partial charge in [-0.3, -0.25) is 0 Å². The number of halogens is 1. The Balaban J connectivity index is 2.27. The Morgan fingerprint density at radius 2 is 1.59 bits per heavy atom. The van der Waals surface area contributed by atoms with Gasteiger partial charge in [0.25, 0.3) is 0 Å². The minimum absolute atomic E-state index is 0.565. The summed E-state index contributed by atoms with van der Waals surface area (Å²) in [6.45, 7) is 2.01. The van der Waals surface area contributed by atoms with Crippen LogP contribution in [0.3, 0.4) is 0 Å². The number of hydrogen-bond acceptors (Lipinski definition) is 1. The van der Waals surface area contributed by atoms with E-state index in [-0.39, 0.29) is 0 Å². The predicted octanol–water partition coefficient (Wildman–Crippen LogP) is 3.91. The molecule has 0 N–H and O–H groups in total. The first-order chi connectivity index (χ1) is 8.15. The summed E-state index contributed by atoms with van der Waals surface area (Å²) in [5.74, 6) is 0. The highest BCUT2D eigenvalue weighted by molar-refractivity contribution is 6.30. The molecular formula is C14H12ClNO. The molecule has 3 heteroatoms. The van der Waals surface area contributed by atoms with Crippen molar-refractivity contribution < 1.29 is 4.74 Å². The van der Waals surface area contributed by atoms with E-state index in [1.165, 1.54) is 5.56 Å². The first kappa shape index (κ1) is 11.7. The van der Waals surface area contributed by atoms with E-state index in [1.54, 1.807) is 30.5 Å². The third-order valence-corrected chi connectivity index (χ3v) is 2.68. The van der Waals surface area contributed by atoms with Gasteiger partial charge in [-0.05, 0) is 31.2 Å². The van der Waals surface area contributed by atoms with Crippen LogP contribution in [0.25, 0.3) is 0 Å². The van der Waals surface area contributed by atoms with Gasteiger partial charge in [-0.2, -0.15) is 4.74 Å². The van der Waals surface area contributed by atoms with Gasteiger partial charge in [0.15, 0.2) is 6.21 Å². The smallest absolute Gasteiger partial charge is 0.216 e. The van der Waals surface area contributed by atoms with Crippen LogP contribution in [-0.4, -0.2) is 11.0 Å². The van der Waals surface area contributed by atoms with Gasteiger partial charge in [0.1, 0.15) is 0 Å². The summed E-state index contributed by atoms with van der Waals surface area (Å²) in [5.41, 5.74) is 2.61. The maximum absolute atomic E-state index is 11.8. The molecule has 86 valence electrons. The van der Waals surface area contributed by atoms with Crippen molar-refractivity contribution in [2.45, 2.75) is 6.92 Å². The van der Waals surface area contributed by atoms with E-state index in [9.17, 15) is 5.21 Å². The Morgan fingerprint density at radius 3 is 2.18 bits per heavy atom. The molecule has 0 bridgehead atoms. The van der Waals surface area contributed by atoms with E-state index >= 15 is 0 Å². The van der Waals surface area contributed by atoms with Crippen molar-refractivity contribution in [2.24, 2.45) is 0 Å². The average Bonchev–Trinajstić information content (AvgIpc) is 2.33. The summed E-state index contributed by atoms with van der Waals surface area (Å²) in [4.78, 5) is 0. The molecule has 0 atom stereocenters. The van der Waals surface area contributed by atoms with E-state index in [0.717, 1.165) is 10.3 Å². The normalized spacial score (nSPS) is 11.5. The average molecular weight is 246 g/mol. The van der Waals surface area contributed by atoms with Gasteiger partial charge >= 0.3 is 0 Å². The first-order valence-corrected chi connectivity index (χ1v) is 5.66. The zero-order chi connectivity index (χ0) is 12.3. The Hall–Kier alpha value is -1.80. The van der Waals surface area contributed by atoms with Crippen LogP contribution in [0.1, 0.15) is 11.1 Å². The molecule has 0 aliphatic rings. The standard InChI is InChI=1S/C14H12ClNO/c1-11-2-4-12(5-3-11)10-16(17)14-8-6-13(15)7-9-14/h2-10H,1H3/b16-10-. The monoisotopic (exact) mass is 245 g/mol. The van der Waals surface area contributed by atoms with Crippen LogP contribution in [0.2, 0.25) is 5.02 Å².